The third-order valence-corrected chi connectivity index (χ3v) is 4.80. The number of hydrogen-bond acceptors (Lipinski definition) is 3. The van der Waals surface area contributed by atoms with Crippen molar-refractivity contribution in [1.82, 2.24) is 4.98 Å². The first-order chi connectivity index (χ1) is 8.06. The second kappa shape index (κ2) is 6.02. The maximum atomic E-state index is 5.78. The molecule has 0 radical (unpaired) electrons. The highest BCUT2D eigenvalue weighted by Crippen LogP contribution is 2.34. The quantitative estimate of drug-likeness (QED) is 0.635. The minimum absolute atomic E-state index is 0.565. The second-order valence-electron chi connectivity index (χ2n) is 3.18. The largest absolute Gasteiger partial charge is 0.378 e. The standard InChI is InChI=1S/C10H6Br3ClN2S/c11-5-1-7(12)9(8(13)2-5)15-3-6-4-16-10(14)17-6/h1-2,4,15H,3H2. The fourth-order valence-corrected chi connectivity index (χ4v) is 4.71. The summed E-state index contributed by atoms with van der Waals surface area (Å²) in [5, 5.41) is 3.34. The summed E-state index contributed by atoms with van der Waals surface area (Å²) in [7, 11) is 0. The SMILES string of the molecule is Clc1ncc(CNc2c(Br)cc(Br)cc2Br)s1. The van der Waals surface area contributed by atoms with Crippen molar-refractivity contribution in [3.8, 4) is 0 Å². The Labute approximate surface area is 133 Å². The van der Waals surface area contributed by atoms with Crippen LogP contribution in [0, 0.1) is 0 Å². The predicted octanol–water partition coefficient (Wildman–Crippen LogP) is 5.70. The molecular weight excluding hydrogens is 455 g/mol. The van der Waals surface area contributed by atoms with E-state index in [0.717, 1.165) is 24.0 Å². The van der Waals surface area contributed by atoms with E-state index in [4.69, 9.17) is 11.6 Å². The summed E-state index contributed by atoms with van der Waals surface area (Å²) >= 11 is 17.7. The maximum absolute atomic E-state index is 5.78. The van der Waals surface area contributed by atoms with Crippen molar-refractivity contribution in [2.75, 3.05) is 5.32 Å². The molecule has 0 spiro atoms. The Kier molecular flexibility index (Phi) is 4.88. The molecule has 1 N–H and O–H groups in total. The van der Waals surface area contributed by atoms with Crippen LogP contribution in [0.15, 0.2) is 31.7 Å². The van der Waals surface area contributed by atoms with Crippen molar-refractivity contribution in [2.24, 2.45) is 0 Å². The number of hydrogen-bond donors (Lipinski definition) is 1. The summed E-state index contributed by atoms with van der Waals surface area (Å²) in [4.78, 5) is 5.10. The lowest BCUT2D eigenvalue weighted by Gasteiger charge is -2.10. The molecule has 0 saturated carbocycles. The summed E-state index contributed by atoms with van der Waals surface area (Å²) in [6, 6.07) is 3.99. The van der Waals surface area contributed by atoms with Crippen molar-refractivity contribution in [3.05, 3.63) is 41.1 Å². The third kappa shape index (κ3) is 3.67. The molecule has 0 unspecified atom stereocenters. The lowest BCUT2D eigenvalue weighted by molar-refractivity contribution is 1.17. The van der Waals surface area contributed by atoms with Gasteiger partial charge in [-0.25, -0.2) is 4.98 Å². The monoisotopic (exact) mass is 458 g/mol. The van der Waals surface area contributed by atoms with E-state index in [1.807, 2.05) is 12.1 Å². The highest BCUT2D eigenvalue weighted by Gasteiger charge is 2.07. The maximum Gasteiger partial charge on any atom is 0.183 e. The summed E-state index contributed by atoms with van der Waals surface area (Å²) in [6.45, 7) is 0.698. The summed E-state index contributed by atoms with van der Waals surface area (Å²) in [5.41, 5.74) is 1.01. The molecular formula is C10H6Br3ClN2S. The van der Waals surface area contributed by atoms with Gasteiger partial charge in [-0.3, -0.25) is 0 Å². The number of benzene rings is 1. The van der Waals surface area contributed by atoms with Gasteiger partial charge in [0.1, 0.15) is 0 Å². The lowest BCUT2D eigenvalue weighted by Crippen LogP contribution is -1.99. The zero-order chi connectivity index (χ0) is 12.4. The second-order valence-corrected chi connectivity index (χ2v) is 7.50. The summed E-state index contributed by atoms with van der Waals surface area (Å²) < 4.78 is 3.57. The fourth-order valence-electron chi connectivity index (χ4n) is 1.25. The highest BCUT2D eigenvalue weighted by atomic mass is 79.9. The minimum Gasteiger partial charge on any atom is -0.378 e. The van der Waals surface area contributed by atoms with Gasteiger partial charge in [0.2, 0.25) is 0 Å². The van der Waals surface area contributed by atoms with E-state index in [1.54, 1.807) is 6.20 Å². The van der Waals surface area contributed by atoms with Gasteiger partial charge < -0.3 is 5.32 Å². The van der Waals surface area contributed by atoms with Crippen LogP contribution < -0.4 is 5.32 Å². The number of aromatic nitrogens is 1. The average Bonchev–Trinajstić information content (AvgIpc) is 2.62. The first kappa shape index (κ1) is 13.8. The number of nitrogens with one attached hydrogen (secondary N) is 1. The first-order valence-corrected chi connectivity index (χ1v) is 8.12. The van der Waals surface area contributed by atoms with E-state index < -0.39 is 0 Å². The van der Waals surface area contributed by atoms with Crippen LogP contribution in [-0.4, -0.2) is 4.98 Å². The molecule has 0 saturated heterocycles. The van der Waals surface area contributed by atoms with E-state index in [9.17, 15) is 0 Å². The molecule has 0 bridgehead atoms. The zero-order valence-electron chi connectivity index (χ0n) is 8.31. The van der Waals surface area contributed by atoms with Gasteiger partial charge in [0, 0.05) is 24.5 Å². The number of nitrogens with zero attached hydrogens (tertiary/aromatic N) is 1. The molecule has 0 aliphatic heterocycles. The van der Waals surface area contributed by atoms with E-state index in [-0.39, 0.29) is 0 Å². The Morgan fingerprint density at radius 2 is 1.88 bits per heavy atom. The Bertz CT molecular complexity index is 521. The van der Waals surface area contributed by atoms with Gasteiger partial charge in [-0.05, 0) is 44.0 Å². The number of thiazole rings is 1. The van der Waals surface area contributed by atoms with Crippen molar-refractivity contribution < 1.29 is 0 Å². The first-order valence-electron chi connectivity index (χ1n) is 4.55. The van der Waals surface area contributed by atoms with Gasteiger partial charge >= 0.3 is 0 Å². The zero-order valence-corrected chi connectivity index (χ0v) is 14.6. The average molecular weight is 461 g/mol. The molecule has 0 amide bonds. The van der Waals surface area contributed by atoms with Crippen LogP contribution in [0.1, 0.15) is 4.88 Å². The van der Waals surface area contributed by atoms with E-state index in [2.05, 4.69) is 58.1 Å². The molecule has 0 aliphatic carbocycles. The summed E-state index contributed by atoms with van der Waals surface area (Å²) in [5.74, 6) is 0. The van der Waals surface area contributed by atoms with Gasteiger partial charge in [0.25, 0.3) is 0 Å². The molecule has 17 heavy (non-hydrogen) atoms. The Morgan fingerprint density at radius 1 is 1.24 bits per heavy atom. The molecule has 2 nitrogen and oxygen atoms in total. The molecule has 1 heterocycles. The van der Waals surface area contributed by atoms with Gasteiger partial charge in [0.15, 0.2) is 4.47 Å². The van der Waals surface area contributed by atoms with E-state index >= 15 is 0 Å². The Morgan fingerprint density at radius 3 is 2.41 bits per heavy atom. The van der Waals surface area contributed by atoms with Crippen molar-refractivity contribution in [3.63, 3.8) is 0 Å². The van der Waals surface area contributed by atoms with Gasteiger partial charge in [-0.15, -0.1) is 11.3 Å². The predicted molar refractivity (Wildman–Crippen MR) is 84.0 cm³/mol. The van der Waals surface area contributed by atoms with Gasteiger partial charge in [0.05, 0.1) is 12.2 Å². The normalized spacial score (nSPS) is 10.6. The Balaban J connectivity index is 2.14. The van der Waals surface area contributed by atoms with Crippen LogP contribution in [0.2, 0.25) is 4.47 Å². The topological polar surface area (TPSA) is 24.9 Å². The molecule has 0 atom stereocenters. The van der Waals surface area contributed by atoms with E-state index in [0.29, 0.717) is 11.0 Å². The van der Waals surface area contributed by atoms with Gasteiger partial charge in [-0.2, -0.15) is 0 Å². The molecule has 0 fully saturated rings. The van der Waals surface area contributed by atoms with Crippen LogP contribution in [0.5, 0.6) is 0 Å². The van der Waals surface area contributed by atoms with Crippen LogP contribution in [0.4, 0.5) is 5.69 Å². The smallest absolute Gasteiger partial charge is 0.183 e. The van der Waals surface area contributed by atoms with Gasteiger partial charge in [-0.1, -0.05) is 27.5 Å². The lowest BCUT2D eigenvalue weighted by atomic mass is 10.3. The van der Waals surface area contributed by atoms with Crippen molar-refractivity contribution >= 4 is 76.4 Å². The number of rotatable bonds is 3. The van der Waals surface area contributed by atoms with E-state index in [1.165, 1.54) is 11.3 Å². The highest BCUT2D eigenvalue weighted by molar-refractivity contribution is 9.11. The Hall–Kier alpha value is 0.380. The van der Waals surface area contributed by atoms with Crippen molar-refractivity contribution in [2.45, 2.75) is 6.54 Å². The molecule has 7 heteroatoms. The molecule has 1 aromatic carbocycles. The summed E-state index contributed by atoms with van der Waals surface area (Å²) in [6.07, 6.45) is 1.78. The minimum atomic E-state index is 0.565. The van der Waals surface area contributed by atoms with Crippen LogP contribution in [-0.2, 0) is 6.54 Å². The molecule has 0 aliphatic rings. The number of halogens is 4. The van der Waals surface area contributed by atoms with Crippen LogP contribution in [0.25, 0.3) is 0 Å². The number of anilines is 1. The van der Waals surface area contributed by atoms with Crippen LogP contribution >= 0.6 is 70.7 Å². The van der Waals surface area contributed by atoms with Crippen molar-refractivity contribution in [1.29, 1.82) is 0 Å². The molecule has 90 valence electrons. The fraction of sp³-hybridized carbons (Fsp3) is 0.100. The van der Waals surface area contributed by atoms with Crippen LogP contribution in [0.3, 0.4) is 0 Å². The third-order valence-electron chi connectivity index (χ3n) is 1.97. The molecule has 1 aromatic heterocycles. The molecule has 2 aromatic rings. The molecule has 2 rings (SSSR count).